The maximum atomic E-state index is 14.1. The Labute approximate surface area is 168 Å². The Balaban J connectivity index is 1.73. The lowest BCUT2D eigenvalue weighted by Crippen LogP contribution is -2.41. The topological polar surface area (TPSA) is 82.2 Å². The molecule has 0 saturated heterocycles. The highest BCUT2D eigenvalue weighted by molar-refractivity contribution is 7.77. The number of aliphatic carboxylic acids is 1. The monoisotopic (exact) mass is 404 g/mol. The minimum atomic E-state index is -3.35. The first-order chi connectivity index (χ1) is 14.1. The number of nitrogens with one attached hydrogen (secondary N) is 2. The van der Waals surface area contributed by atoms with Crippen LogP contribution in [0.3, 0.4) is 0 Å². The van der Waals surface area contributed by atoms with E-state index in [1.165, 1.54) is 0 Å². The molecule has 0 aliphatic rings. The molecule has 1 heterocycles. The molecule has 0 aliphatic carbocycles. The summed E-state index contributed by atoms with van der Waals surface area (Å²) in [6.45, 7) is 0. The van der Waals surface area contributed by atoms with Crippen LogP contribution in [-0.4, -0.2) is 22.1 Å². The van der Waals surface area contributed by atoms with Crippen LogP contribution in [0.15, 0.2) is 91.1 Å². The third-order valence-electron chi connectivity index (χ3n) is 4.97. The van der Waals surface area contributed by atoms with E-state index in [1.807, 2.05) is 66.9 Å². The first-order valence-electron chi connectivity index (χ1n) is 9.35. The van der Waals surface area contributed by atoms with Crippen molar-refractivity contribution in [3.8, 4) is 0 Å². The lowest BCUT2D eigenvalue weighted by atomic mass is 10.1. The van der Waals surface area contributed by atoms with Crippen molar-refractivity contribution in [2.45, 2.75) is 12.5 Å². The fourth-order valence-electron chi connectivity index (χ4n) is 3.50. The molecule has 3 N–H and O–H groups in total. The smallest absolute Gasteiger partial charge is 0.321 e. The van der Waals surface area contributed by atoms with Crippen LogP contribution in [0.2, 0.25) is 0 Å². The SMILES string of the molecule is O=C(O)[C@H](Cc1c[nH]c2ccccc12)NP(=O)(c1ccccc1)c1ccccc1. The van der Waals surface area contributed by atoms with Gasteiger partial charge in [-0.1, -0.05) is 54.6 Å². The van der Waals surface area contributed by atoms with Crippen LogP contribution in [0, 0.1) is 0 Å². The van der Waals surface area contributed by atoms with E-state index >= 15 is 0 Å². The van der Waals surface area contributed by atoms with Crippen LogP contribution < -0.4 is 15.7 Å². The molecular weight excluding hydrogens is 383 g/mol. The lowest BCUT2D eigenvalue weighted by molar-refractivity contribution is -0.138. The van der Waals surface area contributed by atoms with E-state index in [0.717, 1.165) is 16.5 Å². The summed E-state index contributed by atoms with van der Waals surface area (Å²) < 4.78 is 14.1. The highest BCUT2D eigenvalue weighted by atomic mass is 31.2. The number of hydrogen-bond acceptors (Lipinski definition) is 2. The molecule has 0 radical (unpaired) electrons. The van der Waals surface area contributed by atoms with E-state index in [-0.39, 0.29) is 6.42 Å². The molecule has 0 aliphatic heterocycles. The van der Waals surface area contributed by atoms with E-state index in [2.05, 4.69) is 10.1 Å². The number of carboxylic acids is 1. The second kappa shape index (κ2) is 8.08. The van der Waals surface area contributed by atoms with Gasteiger partial charge in [0.1, 0.15) is 6.04 Å². The number of carbonyl (C=O) groups is 1. The van der Waals surface area contributed by atoms with Crippen LogP contribution >= 0.6 is 7.29 Å². The first-order valence-corrected chi connectivity index (χ1v) is 11.1. The van der Waals surface area contributed by atoms with Gasteiger partial charge < -0.3 is 10.1 Å². The van der Waals surface area contributed by atoms with Crippen LogP contribution in [0.1, 0.15) is 5.56 Å². The second-order valence-electron chi connectivity index (χ2n) is 6.86. The predicted molar refractivity (Wildman–Crippen MR) is 116 cm³/mol. The van der Waals surface area contributed by atoms with Gasteiger partial charge in [-0.05, 0) is 35.9 Å². The molecule has 0 amide bonds. The van der Waals surface area contributed by atoms with Crippen molar-refractivity contribution in [1.82, 2.24) is 10.1 Å². The summed E-state index contributed by atoms with van der Waals surface area (Å²) in [7, 11) is -3.35. The number of H-pyrrole nitrogens is 1. The van der Waals surface area contributed by atoms with Crippen molar-refractivity contribution in [1.29, 1.82) is 0 Å². The number of carboxylic acid groups (broad SMARTS) is 1. The van der Waals surface area contributed by atoms with E-state index < -0.39 is 19.3 Å². The number of aromatic amines is 1. The third kappa shape index (κ3) is 3.88. The minimum Gasteiger partial charge on any atom is -0.480 e. The normalized spacial score (nSPS) is 12.7. The van der Waals surface area contributed by atoms with Gasteiger partial charge in [0.05, 0.1) is 0 Å². The van der Waals surface area contributed by atoms with Crippen molar-refractivity contribution in [2.75, 3.05) is 0 Å². The number of aromatic nitrogens is 1. The number of benzene rings is 3. The Morgan fingerprint density at radius 1 is 0.897 bits per heavy atom. The molecule has 4 aromatic rings. The number of rotatable bonds is 7. The van der Waals surface area contributed by atoms with Crippen LogP contribution in [0.5, 0.6) is 0 Å². The summed E-state index contributed by atoms with van der Waals surface area (Å²) in [5.74, 6) is -1.04. The average molecular weight is 404 g/mol. The predicted octanol–water partition coefficient (Wildman–Crippen LogP) is 3.68. The Bertz CT molecular complexity index is 1130. The summed E-state index contributed by atoms with van der Waals surface area (Å²) >= 11 is 0. The summed E-state index contributed by atoms with van der Waals surface area (Å²) in [4.78, 5) is 15.3. The molecule has 6 heteroatoms. The van der Waals surface area contributed by atoms with Crippen molar-refractivity contribution in [3.63, 3.8) is 0 Å². The first kappa shape index (κ1) is 19.2. The Kier molecular flexibility index (Phi) is 5.34. The number of para-hydroxylation sites is 1. The maximum absolute atomic E-state index is 14.1. The standard InChI is InChI=1S/C23H21N2O3P/c26-23(27)22(15-17-16-24-21-14-8-7-13-20(17)21)25-29(28,18-9-3-1-4-10-18)19-11-5-2-6-12-19/h1-14,16,22,24H,15H2,(H,25,28)(H,26,27)/t22-/m0/s1. The Morgan fingerprint density at radius 2 is 1.45 bits per heavy atom. The van der Waals surface area contributed by atoms with Crippen LogP contribution in [-0.2, 0) is 15.8 Å². The molecule has 5 nitrogen and oxygen atoms in total. The summed E-state index contributed by atoms with van der Waals surface area (Å²) in [6.07, 6.45) is 2.03. The summed E-state index contributed by atoms with van der Waals surface area (Å²) in [6, 6.07) is 24.7. The van der Waals surface area contributed by atoms with E-state index in [4.69, 9.17) is 0 Å². The second-order valence-corrected chi connectivity index (χ2v) is 9.37. The molecule has 3 aromatic carbocycles. The fourth-order valence-corrected chi connectivity index (χ4v) is 5.92. The number of fused-ring (bicyclic) bond motifs is 1. The molecule has 0 fully saturated rings. The largest absolute Gasteiger partial charge is 0.480 e. The zero-order valence-electron chi connectivity index (χ0n) is 15.7. The molecule has 29 heavy (non-hydrogen) atoms. The molecule has 146 valence electrons. The fraction of sp³-hybridized carbons (Fsp3) is 0.0870. The third-order valence-corrected chi connectivity index (χ3v) is 7.70. The minimum absolute atomic E-state index is 0.211. The molecule has 0 spiro atoms. The van der Waals surface area contributed by atoms with E-state index in [9.17, 15) is 14.5 Å². The molecule has 0 bridgehead atoms. The zero-order chi connectivity index (χ0) is 20.3. The van der Waals surface area contributed by atoms with Gasteiger partial charge in [0, 0.05) is 34.1 Å². The lowest BCUT2D eigenvalue weighted by Gasteiger charge is -2.24. The molecule has 0 saturated carbocycles. The Hall–Kier alpha value is -3.14. The van der Waals surface area contributed by atoms with Gasteiger partial charge in [-0.2, -0.15) is 0 Å². The van der Waals surface area contributed by atoms with Crippen molar-refractivity contribution < 1.29 is 14.5 Å². The highest BCUT2D eigenvalue weighted by Gasteiger charge is 2.33. The van der Waals surface area contributed by atoms with Crippen LogP contribution in [0.25, 0.3) is 10.9 Å². The quantitative estimate of drug-likeness (QED) is 0.411. The van der Waals surface area contributed by atoms with Gasteiger partial charge in [0.2, 0.25) is 7.29 Å². The average Bonchev–Trinajstić information content (AvgIpc) is 3.17. The molecule has 4 rings (SSSR count). The van der Waals surface area contributed by atoms with Gasteiger partial charge in [-0.25, -0.2) is 5.09 Å². The number of hydrogen-bond donors (Lipinski definition) is 3. The van der Waals surface area contributed by atoms with Crippen molar-refractivity contribution in [3.05, 3.63) is 96.7 Å². The Morgan fingerprint density at radius 3 is 2.03 bits per heavy atom. The summed E-state index contributed by atoms with van der Waals surface area (Å²) in [5.41, 5.74) is 1.81. The van der Waals surface area contributed by atoms with Gasteiger partial charge >= 0.3 is 5.97 Å². The molecular formula is C23H21N2O3P. The summed E-state index contributed by atoms with van der Waals surface area (Å²) in [5, 5.41) is 15.0. The zero-order valence-corrected chi connectivity index (χ0v) is 16.6. The van der Waals surface area contributed by atoms with Crippen molar-refractivity contribution >= 4 is 34.8 Å². The molecule has 0 unspecified atom stereocenters. The van der Waals surface area contributed by atoms with E-state index in [0.29, 0.717) is 10.6 Å². The van der Waals surface area contributed by atoms with Gasteiger partial charge in [0.15, 0.2) is 0 Å². The van der Waals surface area contributed by atoms with Crippen molar-refractivity contribution in [2.24, 2.45) is 0 Å². The van der Waals surface area contributed by atoms with E-state index in [1.54, 1.807) is 24.3 Å². The van der Waals surface area contributed by atoms with Gasteiger partial charge in [-0.15, -0.1) is 0 Å². The van der Waals surface area contributed by atoms with Crippen LogP contribution in [0.4, 0.5) is 0 Å². The molecule has 1 atom stereocenters. The molecule has 1 aromatic heterocycles. The maximum Gasteiger partial charge on any atom is 0.321 e. The highest BCUT2D eigenvalue weighted by Crippen LogP contribution is 2.39. The van der Waals surface area contributed by atoms with Gasteiger partial charge in [-0.3, -0.25) is 9.36 Å². The van der Waals surface area contributed by atoms with Gasteiger partial charge in [0.25, 0.3) is 0 Å².